The fourth-order valence-corrected chi connectivity index (χ4v) is 3.55. The topological polar surface area (TPSA) is 88.6 Å². The second-order valence-corrected chi connectivity index (χ2v) is 7.86. The van der Waals surface area contributed by atoms with Crippen LogP contribution in [-0.4, -0.2) is 39.2 Å². The molecule has 0 atom stereocenters. The van der Waals surface area contributed by atoms with Crippen LogP contribution in [0.15, 0.2) is 42.7 Å². The average Bonchev–Trinajstić information content (AvgIpc) is 2.58. The van der Waals surface area contributed by atoms with Crippen molar-refractivity contribution in [3.63, 3.8) is 0 Å². The van der Waals surface area contributed by atoms with Crippen molar-refractivity contribution in [1.29, 1.82) is 0 Å². The van der Waals surface area contributed by atoms with Gasteiger partial charge in [-0.05, 0) is 36.8 Å². The van der Waals surface area contributed by atoms with Gasteiger partial charge in [-0.1, -0.05) is 11.6 Å². The number of anilines is 2. The van der Waals surface area contributed by atoms with Crippen LogP contribution in [0.1, 0.15) is 12.8 Å². The molecule has 0 fully saturated rings. The molecule has 0 unspecified atom stereocenters. The first-order valence-corrected chi connectivity index (χ1v) is 10.0. The summed E-state index contributed by atoms with van der Waals surface area (Å²) >= 11 is 6.08. The normalized spacial score (nSPS) is 11.0. The molecule has 140 valence electrons. The highest BCUT2D eigenvalue weighted by atomic mass is 35.5. The Morgan fingerprint density at radius 2 is 2.12 bits per heavy atom. The minimum absolute atomic E-state index is 0.155. The van der Waals surface area contributed by atoms with Crippen LogP contribution in [-0.2, 0) is 14.8 Å². The van der Waals surface area contributed by atoms with Crippen molar-refractivity contribution < 1.29 is 17.9 Å². The predicted molar refractivity (Wildman–Crippen MR) is 102 cm³/mol. The van der Waals surface area contributed by atoms with Gasteiger partial charge in [0.2, 0.25) is 15.9 Å². The van der Waals surface area contributed by atoms with Crippen molar-refractivity contribution in [2.75, 3.05) is 29.5 Å². The Morgan fingerprint density at radius 1 is 1.35 bits per heavy atom. The summed E-state index contributed by atoms with van der Waals surface area (Å²) in [7, 11) is -2.04. The van der Waals surface area contributed by atoms with Crippen LogP contribution < -0.4 is 14.4 Å². The van der Waals surface area contributed by atoms with Gasteiger partial charge in [0.25, 0.3) is 0 Å². The molecular formula is C17H20ClN3O4S. The summed E-state index contributed by atoms with van der Waals surface area (Å²) in [6.45, 7) is 0.155. The lowest BCUT2D eigenvalue weighted by Gasteiger charge is -2.23. The number of nitrogens with zero attached hydrogens (tertiary/aromatic N) is 2. The molecule has 2 aromatic rings. The van der Waals surface area contributed by atoms with Gasteiger partial charge in [-0.3, -0.25) is 14.1 Å². The van der Waals surface area contributed by atoms with E-state index in [2.05, 4.69) is 10.3 Å². The number of methoxy groups -OCH3 is 1. The zero-order chi connectivity index (χ0) is 19.2. The average molecular weight is 398 g/mol. The second kappa shape index (κ2) is 8.86. The zero-order valence-corrected chi connectivity index (χ0v) is 16.0. The first-order valence-electron chi connectivity index (χ1n) is 7.82. The van der Waals surface area contributed by atoms with Crippen LogP contribution in [0.3, 0.4) is 0 Å². The molecule has 1 aromatic heterocycles. The van der Waals surface area contributed by atoms with E-state index in [1.165, 1.54) is 17.5 Å². The van der Waals surface area contributed by atoms with E-state index in [4.69, 9.17) is 16.3 Å². The number of pyridine rings is 1. The molecule has 0 spiro atoms. The summed E-state index contributed by atoms with van der Waals surface area (Å²) in [6.07, 6.45) is 4.79. The van der Waals surface area contributed by atoms with Crippen molar-refractivity contribution >= 4 is 38.9 Å². The van der Waals surface area contributed by atoms with Crippen LogP contribution in [0.25, 0.3) is 0 Å². The van der Waals surface area contributed by atoms with Crippen molar-refractivity contribution in [3.8, 4) is 5.75 Å². The van der Waals surface area contributed by atoms with Gasteiger partial charge < -0.3 is 10.1 Å². The van der Waals surface area contributed by atoms with E-state index in [9.17, 15) is 13.2 Å². The van der Waals surface area contributed by atoms with E-state index < -0.39 is 10.0 Å². The van der Waals surface area contributed by atoms with Gasteiger partial charge in [0, 0.05) is 19.2 Å². The first kappa shape index (κ1) is 20.0. The number of carbonyl (C=O) groups excluding carboxylic acids is 1. The SMILES string of the molecule is COc1ccc(N(CCCC(=O)Nc2cccnc2)S(C)(=O)=O)cc1Cl. The third-order valence-corrected chi connectivity index (χ3v) is 5.02. The van der Waals surface area contributed by atoms with Gasteiger partial charge in [-0.25, -0.2) is 8.42 Å². The number of carbonyl (C=O) groups is 1. The number of sulfonamides is 1. The molecule has 0 aliphatic rings. The van der Waals surface area contributed by atoms with Crippen LogP contribution in [0.2, 0.25) is 5.02 Å². The van der Waals surface area contributed by atoms with Gasteiger partial charge in [0.15, 0.2) is 0 Å². The Kier molecular flexibility index (Phi) is 6.82. The van der Waals surface area contributed by atoms with E-state index in [0.29, 0.717) is 28.6 Å². The van der Waals surface area contributed by atoms with Crippen LogP contribution in [0, 0.1) is 0 Å². The Bertz CT molecular complexity index is 860. The molecule has 7 nitrogen and oxygen atoms in total. The van der Waals surface area contributed by atoms with E-state index in [0.717, 1.165) is 6.26 Å². The van der Waals surface area contributed by atoms with Crippen molar-refractivity contribution in [2.45, 2.75) is 12.8 Å². The lowest BCUT2D eigenvalue weighted by molar-refractivity contribution is -0.116. The molecule has 0 saturated heterocycles. The number of nitrogens with one attached hydrogen (secondary N) is 1. The summed E-state index contributed by atoms with van der Waals surface area (Å²) in [6, 6.07) is 8.19. The summed E-state index contributed by atoms with van der Waals surface area (Å²) < 4.78 is 30.5. The maximum Gasteiger partial charge on any atom is 0.232 e. The van der Waals surface area contributed by atoms with E-state index in [1.54, 1.807) is 36.7 Å². The summed E-state index contributed by atoms with van der Waals surface area (Å²) in [5.41, 5.74) is 1.02. The van der Waals surface area contributed by atoms with E-state index >= 15 is 0 Å². The third kappa shape index (κ3) is 5.60. The Morgan fingerprint density at radius 3 is 2.69 bits per heavy atom. The smallest absolute Gasteiger partial charge is 0.232 e. The van der Waals surface area contributed by atoms with Gasteiger partial charge in [-0.15, -0.1) is 0 Å². The minimum atomic E-state index is -3.52. The lowest BCUT2D eigenvalue weighted by Crippen LogP contribution is -2.31. The first-order chi connectivity index (χ1) is 12.3. The summed E-state index contributed by atoms with van der Waals surface area (Å²) in [5.74, 6) is 0.249. The number of benzene rings is 1. The number of hydrogen-bond acceptors (Lipinski definition) is 5. The molecule has 1 aromatic carbocycles. The van der Waals surface area contributed by atoms with Crippen molar-refractivity contribution in [1.82, 2.24) is 4.98 Å². The highest BCUT2D eigenvalue weighted by Crippen LogP contribution is 2.30. The van der Waals surface area contributed by atoms with Gasteiger partial charge in [0.1, 0.15) is 5.75 Å². The standard InChI is InChI=1S/C17H20ClN3O4S/c1-25-16-8-7-14(11-15(16)18)21(26(2,23)24)10-4-6-17(22)20-13-5-3-9-19-12-13/h3,5,7-9,11-12H,4,6,10H2,1-2H3,(H,20,22). The maximum atomic E-state index is 12.1. The summed E-state index contributed by atoms with van der Waals surface area (Å²) in [4.78, 5) is 15.9. The monoisotopic (exact) mass is 397 g/mol. The van der Waals surface area contributed by atoms with Crippen LogP contribution >= 0.6 is 11.6 Å². The highest BCUT2D eigenvalue weighted by molar-refractivity contribution is 7.92. The number of ether oxygens (including phenoxy) is 1. The van der Waals surface area contributed by atoms with Crippen molar-refractivity contribution in [2.24, 2.45) is 0 Å². The number of hydrogen-bond donors (Lipinski definition) is 1. The number of aromatic nitrogens is 1. The zero-order valence-electron chi connectivity index (χ0n) is 14.5. The quantitative estimate of drug-likeness (QED) is 0.739. The minimum Gasteiger partial charge on any atom is -0.495 e. The van der Waals surface area contributed by atoms with Crippen molar-refractivity contribution in [3.05, 3.63) is 47.7 Å². The predicted octanol–water partition coefficient (Wildman–Crippen LogP) is 2.93. The number of halogens is 1. The molecule has 0 aliphatic carbocycles. The Hall–Kier alpha value is -2.32. The molecule has 0 bridgehead atoms. The number of rotatable bonds is 8. The molecule has 1 heterocycles. The van der Waals surface area contributed by atoms with Gasteiger partial charge in [0.05, 0.1) is 36.0 Å². The molecule has 1 amide bonds. The molecular weight excluding hydrogens is 378 g/mol. The van der Waals surface area contributed by atoms with Gasteiger partial charge >= 0.3 is 0 Å². The van der Waals surface area contributed by atoms with E-state index in [-0.39, 0.29) is 18.9 Å². The third-order valence-electron chi connectivity index (χ3n) is 3.53. The fourth-order valence-electron chi connectivity index (χ4n) is 2.34. The molecule has 1 N–H and O–H groups in total. The maximum absolute atomic E-state index is 12.1. The molecule has 26 heavy (non-hydrogen) atoms. The molecule has 0 radical (unpaired) electrons. The fraction of sp³-hybridized carbons (Fsp3) is 0.294. The second-order valence-electron chi connectivity index (χ2n) is 5.55. The lowest BCUT2D eigenvalue weighted by atomic mass is 10.2. The largest absolute Gasteiger partial charge is 0.495 e. The summed E-state index contributed by atoms with van der Waals surface area (Å²) in [5, 5.41) is 3.02. The molecule has 2 rings (SSSR count). The molecule has 9 heteroatoms. The Balaban J connectivity index is 2.01. The molecule has 0 aliphatic heterocycles. The van der Waals surface area contributed by atoms with E-state index in [1.807, 2.05) is 0 Å². The number of amides is 1. The Labute approximate surface area is 158 Å². The molecule has 0 saturated carbocycles. The van der Waals surface area contributed by atoms with Crippen LogP contribution in [0.4, 0.5) is 11.4 Å². The van der Waals surface area contributed by atoms with Gasteiger partial charge in [-0.2, -0.15) is 0 Å². The van der Waals surface area contributed by atoms with Crippen LogP contribution in [0.5, 0.6) is 5.75 Å². The highest BCUT2D eigenvalue weighted by Gasteiger charge is 2.19.